The van der Waals surface area contributed by atoms with Gasteiger partial charge in [-0.3, -0.25) is 14.4 Å². The molecule has 0 saturated carbocycles. The standard InChI is InChI=1S/C32H25ClN4O6S/c1-20(38)34-23-12-16-25(17-13-23)44(41,42)36(19-22-6-2-3-7-26(22)33)28-18-30(39)37(32(28)40)24-14-10-21(11-15-24)31-35-27-8-4-5-9-29(27)43-31/h2-17,28H,18-19H2,1H3,(H,34,38). The van der Waals surface area contributed by atoms with Crippen LogP contribution in [0.4, 0.5) is 11.4 Å². The Morgan fingerprint density at radius 1 is 0.977 bits per heavy atom. The lowest BCUT2D eigenvalue weighted by molar-refractivity contribution is -0.122. The van der Waals surface area contributed by atoms with Crippen LogP contribution in [-0.4, -0.2) is 41.5 Å². The fourth-order valence-corrected chi connectivity index (χ4v) is 6.82. The van der Waals surface area contributed by atoms with Crippen molar-refractivity contribution in [1.82, 2.24) is 9.29 Å². The number of hydrogen-bond acceptors (Lipinski definition) is 7. The first-order chi connectivity index (χ1) is 21.1. The van der Waals surface area contributed by atoms with Crippen LogP contribution in [0.3, 0.4) is 0 Å². The number of rotatable bonds is 8. The molecule has 0 bridgehead atoms. The third-order valence-corrected chi connectivity index (χ3v) is 9.44. The van der Waals surface area contributed by atoms with Gasteiger partial charge in [-0.15, -0.1) is 0 Å². The van der Waals surface area contributed by atoms with Crippen molar-refractivity contribution in [3.8, 4) is 11.5 Å². The van der Waals surface area contributed by atoms with Gasteiger partial charge < -0.3 is 9.73 Å². The highest BCUT2D eigenvalue weighted by Gasteiger charge is 2.47. The van der Waals surface area contributed by atoms with Crippen LogP contribution in [0.5, 0.6) is 0 Å². The van der Waals surface area contributed by atoms with Crippen molar-refractivity contribution < 1.29 is 27.2 Å². The van der Waals surface area contributed by atoms with Gasteiger partial charge in [0.25, 0.3) is 5.91 Å². The summed E-state index contributed by atoms with van der Waals surface area (Å²) in [5.74, 6) is -1.15. The van der Waals surface area contributed by atoms with Gasteiger partial charge in [-0.1, -0.05) is 41.9 Å². The summed E-state index contributed by atoms with van der Waals surface area (Å²) in [5, 5.41) is 2.91. The molecule has 0 aliphatic carbocycles. The zero-order valence-corrected chi connectivity index (χ0v) is 24.9. The molecular weight excluding hydrogens is 604 g/mol. The van der Waals surface area contributed by atoms with Crippen LogP contribution in [-0.2, 0) is 31.0 Å². The number of sulfonamides is 1. The van der Waals surface area contributed by atoms with Crippen LogP contribution >= 0.6 is 11.6 Å². The first kappa shape index (κ1) is 29.2. The lowest BCUT2D eigenvalue weighted by atomic mass is 10.2. The maximum atomic E-state index is 14.0. The Balaban J connectivity index is 1.32. The van der Waals surface area contributed by atoms with Crippen LogP contribution in [0.25, 0.3) is 22.6 Å². The number of oxazole rings is 1. The van der Waals surface area contributed by atoms with Gasteiger partial charge >= 0.3 is 0 Å². The lowest BCUT2D eigenvalue weighted by Crippen LogP contribution is -2.45. The number of hydrogen-bond donors (Lipinski definition) is 1. The number of anilines is 2. The number of nitrogens with one attached hydrogen (secondary N) is 1. The van der Waals surface area contributed by atoms with Crippen molar-refractivity contribution in [3.05, 3.63) is 108 Å². The van der Waals surface area contributed by atoms with Crippen molar-refractivity contribution >= 4 is 61.8 Å². The summed E-state index contributed by atoms with van der Waals surface area (Å²) < 4.78 is 34.9. The largest absolute Gasteiger partial charge is 0.436 e. The topological polar surface area (TPSA) is 130 Å². The van der Waals surface area contributed by atoms with Gasteiger partial charge in [-0.25, -0.2) is 18.3 Å². The maximum Gasteiger partial charge on any atom is 0.252 e. The van der Waals surface area contributed by atoms with Crippen molar-refractivity contribution in [2.24, 2.45) is 0 Å². The first-order valence-electron chi connectivity index (χ1n) is 13.6. The van der Waals surface area contributed by atoms with Gasteiger partial charge in [0, 0.05) is 29.7 Å². The number of imide groups is 1. The van der Waals surface area contributed by atoms with Crippen LogP contribution in [0.15, 0.2) is 106 Å². The van der Waals surface area contributed by atoms with Crippen LogP contribution < -0.4 is 10.2 Å². The Morgan fingerprint density at radius 2 is 1.66 bits per heavy atom. The fraction of sp³-hybridized carbons (Fsp3) is 0.125. The van der Waals surface area contributed by atoms with E-state index in [9.17, 15) is 22.8 Å². The molecule has 0 radical (unpaired) electrons. The SMILES string of the molecule is CC(=O)Nc1ccc(S(=O)(=O)N(Cc2ccccc2Cl)C2CC(=O)N(c3ccc(-c4nc5ccccc5o4)cc3)C2=O)cc1. The number of carbonyl (C=O) groups excluding carboxylic acids is 3. The van der Waals surface area contributed by atoms with E-state index < -0.39 is 27.9 Å². The molecule has 44 heavy (non-hydrogen) atoms. The number of carbonyl (C=O) groups is 3. The molecule has 0 spiro atoms. The van der Waals surface area contributed by atoms with Crippen molar-refractivity contribution in [2.75, 3.05) is 10.2 Å². The van der Waals surface area contributed by atoms with Gasteiger partial charge in [0.2, 0.25) is 27.7 Å². The van der Waals surface area contributed by atoms with Crippen LogP contribution in [0.2, 0.25) is 5.02 Å². The van der Waals surface area contributed by atoms with E-state index in [0.29, 0.717) is 38.8 Å². The van der Waals surface area contributed by atoms with Gasteiger partial charge in [0.05, 0.1) is 17.0 Å². The minimum absolute atomic E-state index is 0.111. The minimum Gasteiger partial charge on any atom is -0.436 e. The van der Waals surface area contributed by atoms with Crippen molar-refractivity contribution in [2.45, 2.75) is 30.8 Å². The third-order valence-electron chi connectivity index (χ3n) is 7.20. The lowest BCUT2D eigenvalue weighted by Gasteiger charge is -2.27. The van der Waals surface area contributed by atoms with E-state index in [1.54, 1.807) is 48.5 Å². The molecule has 1 unspecified atom stereocenters. The molecule has 2 heterocycles. The second-order valence-corrected chi connectivity index (χ2v) is 12.5. The fourth-order valence-electron chi connectivity index (χ4n) is 5.07. The summed E-state index contributed by atoms with van der Waals surface area (Å²) in [7, 11) is -4.32. The monoisotopic (exact) mass is 628 g/mol. The number of amides is 3. The van der Waals surface area contributed by atoms with Crippen molar-refractivity contribution in [3.63, 3.8) is 0 Å². The van der Waals surface area contributed by atoms with E-state index in [-0.39, 0.29) is 29.5 Å². The maximum absolute atomic E-state index is 14.0. The summed E-state index contributed by atoms with van der Waals surface area (Å²) in [4.78, 5) is 43.9. The number of halogens is 1. The van der Waals surface area contributed by atoms with Crippen LogP contribution in [0.1, 0.15) is 18.9 Å². The minimum atomic E-state index is -4.32. The second-order valence-electron chi connectivity index (χ2n) is 10.2. The average molecular weight is 629 g/mol. The van der Waals surface area contributed by atoms with E-state index in [1.807, 2.05) is 24.3 Å². The molecule has 5 aromatic rings. The molecule has 1 N–H and O–H groups in total. The van der Waals surface area contributed by atoms with Gasteiger partial charge in [-0.05, 0) is 72.3 Å². The molecular formula is C32H25ClN4O6S. The molecule has 1 aromatic heterocycles. The Kier molecular flexibility index (Phi) is 7.76. The van der Waals surface area contributed by atoms with Crippen LogP contribution in [0, 0.1) is 0 Å². The Bertz CT molecular complexity index is 1980. The second kappa shape index (κ2) is 11.7. The quantitative estimate of drug-likeness (QED) is 0.220. The summed E-state index contributed by atoms with van der Waals surface area (Å²) in [6, 6.07) is 24.9. The molecule has 1 fully saturated rings. The Labute approximate surface area is 257 Å². The number of benzene rings is 4. The summed E-state index contributed by atoms with van der Waals surface area (Å²) >= 11 is 6.38. The summed E-state index contributed by atoms with van der Waals surface area (Å²) in [5.41, 5.74) is 3.14. The number of fused-ring (bicyclic) bond motifs is 1. The van der Waals surface area contributed by atoms with Gasteiger partial charge in [0.15, 0.2) is 5.58 Å². The molecule has 4 aromatic carbocycles. The van der Waals surface area contributed by atoms with Gasteiger partial charge in [-0.2, -0.15) is 4.31 Å². The highest BCUT2D eigenvalue weighted by Crippen LogP contribution is 2.33. The van der Waals surface area contributed by atoms with E-state index in [2.05, 4.69) is 10.3 Å². The number of aromatic nitrogens is 1. The van der Waals surface area contributed by atoms with Crippen molar-refractivity contribution in [1.29, 1.82) is 0 Å². The molecule has 1 aliphatic heterocycles. The van der Waals surface area contributed by atoms with E-state index in [4.69, 9.17) is 16.0 Å². The van der Waals surface area contributed by atoms with E-state index in [0.717, 1.165) is 9.21 Å². The van der Waals surface area contributed by atoms with E-state index in [1.165, 1.54) is 31.2 Å². The zero-order chi connectivity index (χ0) is 31.0. The zero-order valence-electron chi connectivity index (χ0n) is 23.3. The average Bonchev–Trinajstić information content (AvgIpc) is 3.57. The molecule has 6 rings (SSSR count). The predicted molar refractivity (Wildman–Crippen MR) is 165 cm³/mol. The summed E-state index contributed by atoms with van der Waals surface area (Å²) in [6.45, 7) is 1.09. The summed E-state index contributed by atoms with van der Waals surface area (Å²) in [6.07, 6.45) is -0.362. The smallest absolute Gasteiger partial charge is 0.252 e. The third kappa shape index (κ3) is 5.60. The molecule has 10 nitrogen and oxygen atoms in total. The number of para-hydroxylation sites is 2. The molecule has 12 heteroatoms. The Morgan fingerprint density at radius 3 is 2.34 bits per heavy atom. The molecule has 3 amide bonds. The molecule has 1 atom stereocenters. The molecule has 1 saturated heterocycles. The van der Waals surface area contributed by atoms with Gasteiger partial charge in [0.1, 0.15) is 11.6 Å². The first-order valence-corrected chi connectivity index (χ1v) is 15.4. The highest BCUT2D eigenvalue weighted by molar-refractivity contribution is 7.89. The normalized spacial score (nSPS) is 15.3. The molecule has 1 aliphatic rings. The Hall–Kier alpha value is -4.84. The number of nitrogens with zero attached hydrogens (tertiary/aromatic N) is 3. The van der Waals surface area contributed by atoms with E-state index >= 15 is 0 Å². The highest BCUT2D eigenvalue weighted by atomic mass is 35.5. The molecule has 222 valence electrons. The predicted octanol–water partition coefficient (Wildman–Crippen LogP) is 5.63.